The van der Waals surface area contributed by atoms with Crippen LogP contribution in [0.2, 0.25) is 0 Å². The van der Waals surface area contributed by atoms with E-state index in [0.717, 1.165) is 13.1 Å². The fraction of sp³-hybridized carbons (Fsp3) is 0.500. The van der Waals surface area contributed by atoms with Gasteiger partial charge < -0.3 is 14.8 Å². The van der Waals surface area contributed by atoms with Crippen molar-refractivity contribution in [2.45, 2.75) is 6.10 Å². The fourth-order valence-electron chi connectivity index (χ4n) is 1.41. The summed E-state index contributed by atoms with van der Waals surface area (Å²) in [5.41, 5.74) is 0.200. The summed E-state index contributed by atoms with van der Waals surface area (Å²) < 4.78 is 10.9. The molecule has 6 heteroatoms. The van der Waals surface area contributed by atoms with Gasteiger partial charge in [-0.2, -0.15) is 5.26 Å². The van der Waals surface area contributed by atoms with Gasteiger partial charge in [0.25, 0.3) is 5.88 Å². The molecule has 1 unspecified atom stereocenters. The van der Waals surface area contributed by atoms with Crippen LogP contribution in [0.5, 0.6) is 5.88 Å². The molecule has 0 aromatic carbocycles. The number of hydrogen-bond acceptors (Lipinski definition) is 6. The molecule has 84 valence electrons. The second-order valence-corrected chi connectivity index (χ2v) is 3.33. The summed E-state index contributed by atoms with van der Waals surface area (Å²) in [4.78, 5) is 7.81. The van der Waals surface area contributed by atoms with E-state index in [1.54, 1.807) is 0 Å². The Morgan fingerprint density at radius 2 is 2.44 bits per heavy atom. The molecule has 1 aliphatic heterocycles. The lowest BCUT2D eigenvalue weighted by molar-refractivity contribution is -0.000890. The van der Waals surface area contributed by atoms with E-state index in [9.17, 15) is 0 Å². The number of nitrogens with zero attached hydrogens (tertiary/aromatic N) is 3. The summed E-state index contributed by atoms with van der Waals surface area (Å²) in [7, 11) is 0. The van der Waals surface area contributed by atoms with Gasteiger partial charge >= 0.3 is 0 Å². The van der Waals surface area contributed by atoms with Crippen LogP contribution in [0.4, 0.5) is 0 Å². The van der Waals surface area contributed by atoms with Crippen LogP contribution in [0, 0.1) is 11.3 Å². The van der Waals surface area contributed by atoms with Gasteiger partial charge in [0, 0.05) is 25.5 Å². The lowest BCUT2D eigenvalue weighted by Gasteiger charge is -2.23. The molecule has 0 amide bonds. The largest absolute Gasteiger partial charge is 0.473 e. The molecule has 6 nitrogen and oxygen atoms in total. The molecule has 0 bridgehead atoms. The van der Waals surface area contributed by atoms with E-state index in [4.69, 9.17) is 14.7 Å². The molecule has 0 aliphatic carbocycles. The lowest BCUT2D eigenvalue weighted by atomic mass is 10.3. The zero-order chi connectivity index (χ0) is 11.2. The molecule has 1 aliphatic rings. The number of aromatic nitrogens is 2. The van der Waals surface area contributed by atoms with Crippen molar-refractivity contribution in [1.82, 2.24) is 15.3 Å². The fourth-order valence-corrected chi connectivity index (χ4v) is 1.41. The third-order valence-electron chi connectivity index (χ3n) is 2.18. The number of nitriles is 1. The van der Waals surface area contributed by atoms with E-state index in [-0.39, 0.29) is 17.7 Å². The maximum absolute atomic E-state index is 8.78. The predicted molar refractivity (Wildman–Crippen MR) is 54.9 cm³/mol. The summed E-state index contributed by atoms with van der Waals surface area (Å²) in [5, 5.41) is 12.0. The van der Waals surface area contributed by atoms with Gasteiger partial charge in [-0.15, -0.1) is 0 Å². The second-order valence-electron chi connectivity index (χ2n) is 3.33. The monoisotopic (exact) mass is 220 g/mol. The first-order valence-corrected chi connectivity index (χ1v) is 5.06. The Kier molecular flexibility index (Phi) is 3.64. The maximum Gasteiger partial charge on any atom is 0.251 e. The average Bonchev–Trinajstić information content (AvgIpc) is 2.38. The molecule has 0 saturated carbocycles. The normalized spacial score (nSPS) is 20.1. The minimum Gasteiger partial charge on any atom is -0.473 e. The summed E-state index contributed by atoms with van der Waals surface area (Å²) in [6.45, 7) is 2.67. The van der Waals surface area contributed by atoms with Crippen LogP contribution in [0.25, 0.3) is 0 Å². The first-order chi connectivity index (χ1) is 7.90. The highest BCUT2D eigenvalue weighted by Gasteiger charge is 2.15. The van der Waals surface area contributed by atoms with Crippen LogP contribution in [-0.2, 0) is 4.74 Å². The molecule has 1 aromatic heterocycles. The van der Waals surface area contributed by atoms with Gasteiger partial charge in [-0.3, -0.25) is 0 Å². The Balaban J connectivity index is 1.91. The summed E-state index contributed by atoms with van der Waals surface area (Å²) in [5.74, 6) is 0.263. The molecule has 0 spiro atoms. The SMILES string of the molecule is N#Cc1nccnc1OCC1CNCCO1. The minimum absolute atomic E-state index is 0.00213. The van der Waals surface area contributed by atoms with Gasteiger partial charge in [0.2, 0.25) is 5.69 Å². The summed E-state index contributed by atoms with van der Waals surface area (Å²) in [6.07, 6.45) is 2.96. The molecular weight excluding hydrogens is 208 g/mol. The van der Waals surface area contributed by atoms with E-state index >= 15 is 0 Å². The first kappa shape index (κ1) is 10.8. The Hall–Kier alpha value is -1.71. The van der Waals surface area contributed by atoms with Gasteiger partial charge in [-0.05, 0) is 0 Å². The molecule has 2 heterocycles. The standard InChI is InChI=1S/C10H12N4O2/c11-5-9-10(14-2-1-13-9)16-7-8-6-12-3-4-15-8/h1-2,8,12H,3-4,6-7H2. The van der Waals surface area contributed by atoms with Crippen molar-refractivity contribution in [2.24, 2.45) is 0 Å². The molecule has 1 atom stereocenters. The van der Waals surface area contributed by atoms with Gasteiger partial charge in [-0.25, -0.2) is 9.97 Å². The van der Waals surface area contributed by atoms with E-state index in [1.807, 2.05) is 6.07 Å². The second kappa shape index (κ2) is 5.39. The van der Waals surface area contributed by atoms with E-state index in [2.05, 4.69) is 15.3 Å². The Bertz CT molecular complexity index is 385. The van der Waals surface area contributed by atoms with Crippen molar-refractivity contribution in [1.29, 1.82) is 5.26 Å². The number of rotatable bonds is 3. The number of hydrogen-bond donors (Lipinski definition) is 1. The predicted octanol–water partition coefficient (Wildman–Crippen LogP) is -0.285. The van der Waals surface area contributed by atoms with E-state index in [0.29, 0.717) is 13.2 Å². The topological polar surface area (TPSA) is 80.1 Å². The zero-order valence-corrected chi connectivity index (χ0v) is 8.72. The molecular formula is C10H12N4O2. The Morgan fingerprint density at radius 3 is 3.19 bits per heavy atom. The number of nitrogens with one attached hydrogen (secondary N) is 1. The molecule has 1 saturated heterocycles. The highest BCUT2D eigenvalue weighted by Crippen LogP contribution is 2.10. The van der Waals surface area contributed by atoms with Gasteiger partial charge in [0.1, 0.15) is 18.8 Å². The van der Waals surface area contributed by atoms with Crippen molar-refractivity contribution in [3.05, 3.63) is 18.1 Å². The van der Waals surface area contributed by atoms with Crippen molar-refractivity contribution in [3.63, 3.8) is 0 Å². The molecule has 0 radical (unpaired) electrons. The number of morpholine rings is 1. The molecule has 2 rings (SSSR count). The highest BCUT2D eigenvalue weighted by atomic mass is 16.5. The van der Waals surface area contributed by atoms with Crippen LogP contribution in [0.15, 0.2) is 12.4 Å². The Labute approximate surface area is 93.2 Å². The molecule has 1 N–H and O–H groups in total. The smallest absolute Gasteiger partial charge is 0.251 e. The molecule has 1 fully saturated rings. The van der Waals surface area contributed by atoms with Crippen LogP contribution >= 0.6 is 0 Å². The van der Waals surface area contributed by atoms with Crippen molar-refractivity contribution < 1.29 is 9.47 Å². The first-order valence-electron chi connectivity index (χ1n) is 5.06. The molecule has 1 aromatic rings. The Morgan fingerprint density at radius 1 is 1.56 bits per heavy atom. The zero-order valence-electron chi connectivity index (χ0n) is 8.72. The highest BCUT2D eigenvalue weighted by molar-refractivity contribution is 5.29. The van der Waals surface area contributed by atoms with E-state index in [1.165, 1.54) is 12.4 Å². The minimum atomic E-state index is 0.00213. The van der Waals surface area contributed by atoms with E-state index < -0.39 is 0 Å². The number of ether oxygens (including phenoxy) is 2. The van der Waals surface area contributed by atoms with Gasteiger partial charge in [-0.1, -0.05) is 0 Å². The third-order valence-corrected chi connectivity index (χ3v) is 2.18. The molecule has 16 heavy (non-hydrogen) atoms. The summed E-state index contributed by atoms with van der Waals surface area (Å²) in [6, 6.07) is 1.93. The maximum atomic E-state index is 8.78. The van der Waals surface area contributed by atoms with Crippen LogP contribution in [0.1, 0.15) is 5.69 Å². The van der Waals surface area contributed by atoms with Crippen LogP contribution < -0.4 is 10.1 Å². The quantitative estimate of drug-likeness (QED) is 0.754. The van der Waals surface area contributed by atoms with Crippen molar-refractivity contribution in [3.8, 4) is 11.9 Å². The van der Waals surface area contributed by atoms with Gasteiger partial charge in [0.05, 0.1) is 6.61 Å². The third kappa shape index (κ3) is 2.66. The van der Waals surface area contributed by atoms with Crippen LogP contribution in [-0.4, -0.2) is 42.4 Å². The average molecular weight is 220 g/mol. The van der Waals surface area contributed by atoms with Crippen molar-refractivity contribution >= 4 is 0 Å². The lowest BCUT2D eigenvalue weighted by Crippen LogP contribution is -2.41. The van der Waals surface area contributed by atoms with Gasteiger partial charge in [0.15, 0.2) is 0 Å². The van der Waals surface area contributed by atoms with Crippen molar-refractivity contribution in [2.75, 3.05) is 26.3 Å². The summed E-state index contributed by atoms with van der Waals surface area (Å²) >= 11 is 0. The van der Waals surface area contributed by atoms with Crippen LogP contribution in [0.3, 0.4) is 0 Å².